The average Bonchev–Trinajstić information content (AvgIpc) is 3.21. The van der Waals surface area contributed by atoms with E-state index in [4.69, 9.17) is 4.74 Å². The fourth-order valence-corrected chi connectivity index (χ4v) is 4.15. The van der Waals surface area contributed by atoms with Gasteiger partial charge < -0.3 is 25.4 Å². The van der Waals surface area contributed by atoms with Crippen LogP contribution in [0.2, 0.25) is 0 Å². The molecule has 1 aliphatic heterocycles. The van der Waals surface area contributed by atoms with Crippen molar-refractivity contribution in [3.8, 4) is 5.75 Å². The largest absolute Gasteiger partial charge is 0.497 e. The number of hydrogen-bond donors (Lipinski definition) is 3. The van der Waals surface area contributed by atoms with E-state index >= 15 is 0 Å². The second kappa shape index (κ2) is 10.1. The van der Waals surface area contributed by atoms with Gasteiger partial charge in [0, 0.05) is 37.3 Å². The third kappa shape index (κ3) is 5.24. The van der Waals surface area contributed by atoms with Gasteiger partial charge in [-0.1, -0.05) is 0 Å². The zero-order chi connectivity index (χ0) is 22.5. The summed E-state index contributed by atoms with van der Waals surface area (Å²) in [5, 5.41) is 22.1. The van der Waals surface area contributed by atoms with Crippen molar-refractivity contribution in [2.45, 2.75) is 25.0 Å². The minimum Gasteiger partial charge on any atom is -0.497 e. The zero-order valence-electron chi connectivity index (χ0n) is 18.5. The maximum Gasteiger partial charge on any atom is 0.239 e. The van der Waals surface area contributed by atoms with E-state index in [1.165, 1.54) is 0 Å². The molecule has 1 amide bonds. The van der Waals surface area contributed by atoms with Gasteiger partial charge in [-0.05, 0) is 55.8 Å². The van der Waals surface area contributed by atoms with Gasteiger partial charge in [-0.25, -0.2) is 0 Å². The predicted octanol–water partition coefficient (Wildman–Crippen LogP) is 1.70. The molecule has 170 valence electrons. The molecule has 0 bridgehead atoms. The summed E-state index contributed by atoms with van der Waals surface area (Å²) in [6, 6.07) is 9.64. The van der Waals surface area contributed by atoms with Gasteiger partial charge in [0.1, 0.15) is 11.6 Å². The van der Waals surface area contributed by atoms with E-state index < -0.39 is 6.10 Å². The van der Waals surface area contributed by atoms with Crippen molar-refractivity contribution in [3.05, 3.63) is 48.3 Å². The van der Waals surface area contributed by atoms with Gasteiger partial charge in [0.2, 0.25) is 5.91 Å². The fourth-order valence-electron chi connectivity index (χ4n) is 4.15. The maximum atomic E-state index is 12.2. The lowest BCUT2D eigenvalue weighted by molar-refractivity contribution is -0.115. The smallest absolute Gasteiger partial charge is 0.239 e. The minimum absolute atomic E-state index is 0.0774. The predicted molar refractivity (Wildman–Crippen MR) is 123 cm³/mol. The molecular formula is C23H30N6O3. The van der Waals surface area contributed by atoms with Crippen LogP contribution in [-0.4, -0.2) is 70.0 Å². The average molecular weight is 439 g/mol. The Morgan fingerprint density at radius 3 is 2.78 bits per heavy atom. The summed E-state index contributed by atoms with van der Waals surface area (Å²) in [5.41, 5.74) is 1.70. The van der Waals surface area contributed by atoms with Crippen molar-refractivity contribution in [1.29, 1.82) is 0 Å². The summed E-state index contributed by atoms with van der Waals surface area (Å²) in [6.07, 6.45) is 4.63. The molecule has 3 N–H and O–H groups in total. The highest BCUT2D eigenvalue weighted by Crippen LogP contribution is 2.27. The van der Waals surface area contributed by atoms with Gasteiger partial charge in [-0.3, -0.25) is 14.5 Å². The monoisotopic (exact) mass is 438 g/mol. The first-order valence-electron chi connectivity index (χ1n) is 10.9. The van der Waals surface area contributed by atoms with Crippen molar-refractivity contribution >= 4 is 22.6 Å². The number of nitrogens with one attached hydrogen (secondary N) is 2. The molecule has 9 nitrogen and oxygen atoms in total. The first-order chi connectivity index (χ1) is 15.5. The second-order valence-corrected chi connectivity index (χ2v) is 8.14. The highest BCUT2D eigenvalue weighted by atomic mass is 16.5. The SMILES string of the molecule is COc1ccc2nccc([C@@H](O)CN3CCC(NCC(=O)Nc4ccnn4C)CC3)c2c1. The number of benzene rings is 1. The molecule has 2 aromatic heterocycles. The first-order valence-corrected chi connectivity index (χ1v) is 10.9. The zero-order valence-corrected chi connectivity index (χ0v) is 18.5. The Kier molecular flexibility index (Phi) is 6.99. The molecule has 32 heavy (non-hydrogen) atoms. The number of pyridine rings is 1. The van der Waals surface area contributed by atoms with E-state index in [1.807, 2.05) is 24.3 Å². The van der Waals surface area contributed by atoms with Crippen molar-refractivity contribution in [2.24, 2.45) is 7.05 Å². The van der Waals surface area contributed by atoms with Crippen LogP contribution in [0.4, 0.5) is 5.82 Å². The third-order valence-electron chi connectivity index (χ3n) is 6.00. The van der Waals surface area contributed by atoms with Crippen molar-refractivity contribution < 1.29 is 14.6 Å². The number of nitrogens with zero attached hydrogens (tertiary/aromatic N) is 4. The van der Waals surface area contributed by atoms with Crippen LogP contribution in [0.5, 0.6) is 5.75 Å². The third-order valence-corrected chi connectivity index (χ3v) is 6.00. The molecule has 3 aromatic rings. The van der Waals surface area contributed by atoms with Crippen LogP contribution in [0.25, 0.3) is 10.9 Å². The molecule has 1 aliphatic rings. The van der Waals surface area contributed by atoms with Crippen LogP contribution >= 0.6 is 0 Å². The van der Waals surface area contributed by atoms with Gasteiger partial charge in [-0.2, -0.15) is 5.10 Å². The number of piperidine rings is 1. The van der Waals surface area contributed by atoms with E-state index in [1.54, 1.807) is 37.3 Å². The van der Waals surface area contributed by atoms with Crippen LogP contribution in [-0.2, 0) is 11.8 Å². The van der Waals surface area contributed by atoms with Crippen molar-refractivity contribution in [3.63, 3.8) is 0 Å². The molecule has 1 fully saturated rings. The number of hydrogen-bond acceptors (Lipinski definition) is 7. The molecule has 0 aliphatic carbocycles. The fraction of sp³-hybridized carbons (Fsp3) is 0.435. The van der Waals surface area contributed by atoms with Crippen LogP contribution in [0.3, 0.4) is 0 Å². The summed E-state index contributed by atoms with van der Waals surface area (Å²) in [6.45, 7) is 2.56. The molecule has 4 rings (SSSR count). The van der Waals surface area contributed by atoms with E-state index in [0.717, 1.165) is 48.1 Å². The molecule has 9 heteroatoms. The number of fused-ring (bicyclic) bond motifs is 1. The Labute approximate surface area is 187 Å². The molecule has 0 saturated carbocycles. The number of aliphatic hydroxyl groups excluding tert-OH is 1. The van der Waals surface area contributed by atoms with E-state index in [-0.39, 0.29) is 18.5 Å². The molecule has 3 heterocycles. The Morgan fingerprint density at radius 2 is 2.06 bits per heavy atom. The Bertz CT molecular complexity index is 1060. The number of rotatable bonds is 8. The number of ether oxygens (including phenoxy) is 1. The van der Waals surface area contributed by atoms with Crippen LogP contribution < -0.4 is 15.4 Å². The standard InChI is InChI=1S/C23H30N6O3/c1-28-22(6-10-26-28)27-23(31)14-25-16-7-11-29(12-8-16)15-21(30)18-5-9-24-20-4-3-17(32-2)13-19(18)20/h3-6,9-10,13,16,21,25,30H,7-8,11-12,14-15H2,1-2H3,(H,27,31)/t21-/m0/s1. The van der Waals surface area contributed by atoms with Crippen LogP contribution in [0, 0.1) is 0 Å². The summed E-state index contributed by atoms with van der Waals surface area (Å²) in [5.74, 6) is 1.35. The molecule has 0 radical (unpaired) electrons. The van der Waals surface area contributed by atoms with Gasteiger partial charge in [0.05, 0.1) is 31.5 Å². The number of amides is 1. The molecule has 0 spiro atoms. The van der Waals surface area contributed by atoms with E-state index in [0.29, 0.717) is 12.4 Å². The summed E-state index contributed by atoms with van der Waals surface area (Å²) in [4.78, 5) is 18.8. The topological polar surface area (TPSA) is 105 Å². The van der Waals surface area contributed by atoms with Crippen molar-refractivity contribution in [1.82, 2.24) is 25.0 Å². The van der Waals surface area contributed by atoms with E-state index in [9.17, 15) is 9.90 Å². The minimum atomic E-state index is -0.609. The van der Waals surface area contributed by atoms with Gasteiger partial charge >= 0.3 is 0 Å². The quantitative estimate of drug-likeness (QED) is 0.492. The highest BCUT2D eigenvalue weighted by molar-refractivity contribution is 5.91. The maximum absolute atomic E-state index is 12.2. The number of anilines is 1. The molecule has 1 aromatic carbocycles. The Hall–Kier alpha value is -3.01. The van der Waals surface area contributed by atoms with Gasteiger partial charge in [0.15, 0.2) is 0 Å². The Balaban J connectivity index is 1.26. The van der Waals surface area contributed by atoms with E-state index in [2.05, 4.69) is 25.6 Å². The number of carbonyl (C=O) groups is 1. The van der Waals surface area contributed by atoms with Gasteiger partial charge in [-0.15, -0.1) is 0 Å². The summed E-state index contributed by atoms with van der Waals surface area (Å²) in [7, 11) is 3.42. The van der Waals surface area contributed by atoms with Crippen molar-refractivity contribution in [2.75, 3.05) is 38.6 Å². The number of carbonyl (C=O) groups excluding carboxylic acids is 1. The number of likely N-dealkylation sites (tertiary alicyclic amines) is 1. The second-order valence-electron chi connectivity index (χ2n) is 8.14. The number of aryl methyl sites for hydroxylation is 1. The number of methoxy groups -OCH3 is 1. The highest BCUT2D eigenvalue weighted by Gasteiger charge is 2.23. The lowest BCUT2D eigenvalue weighted by atomic mass is 10.0. The lowest BCUT2D eigenvalue weighted by Crippen LogP contribution is -2.45. The number of aromatic nitrogens is 3. The summed E-state index contributed by atoms with van der Waals surface area (Å²) < 4.78 is 6.96. The molecule has 0 unspecified atom stereocenters. The first kappa shape index (κ1) is 22.2. The summed E-state index contributed by atoms with van der Waals surface area (Å²) >= 11 is 0. The molecular weight excluding hydrogens is 408 g/mol. The van der Waals surface area contributed by atoms with Gasteiger partial charge in [0.25, 0.3) is 0 Å². The molecule has 1 saturated heterocycles. The van der Waals surface area contributed by atoms with Crippen LogP contribution in [0.1, 0.15) is 24.5 Å². The normalized spacial score (nSPS) is 16.2. The van der Waals surface area contributed by atoms with Crippen LogP contribution in [0.15, 0.2) is 42.7 Å². The number of aliphatic hydroxyl groups is 1. The Morgan fingerprint density at radius 1 is 1.25 bits per heavy atom. The molecule has 1 atom stereocenters. The lowest BCUT2D eigenvalue weighted by Gasteiger charge is -2.33. The number of β-amino-alcohol motifs (C(OH)–C–C–N with tert-alkyl or cyclic N) is 1.